The molecule has 1 aromatic rings. The van der Waals surface area contributed by atoms with E-state index in [1.165, 1.54) is 0 Å². The number of ether oxygens (including phenoxy) is 2. The van der Waals surface area contributed by atoms with Crippen molar-refractivity contribution in [1.29, 1.82) is 0 Å². The van der Waals surface area contributed by atoms with E-state index >= 15 is 0 Å². The highest BCUT2D eigenvalue weighted by atomic mass is 79.9. The fraction of sp³-hybridized carbons (Fsp3) is 0.500. The zero-order valence-corrected chi connectivity index (χ0v) is 12.2. The highest BCUT2D eigenvalue weighted by Gasteiger charge is 2.40. The van der Waals surface area contributed by atoms with Gasteiger partial charge in [0.15, 0.2) is 5.79 Å². The van der Waals surface area contributed by atoms with Crippen LogP contribution in [0.2, 0.25) is 0 Å². The quantitative estimate of drug-likeness (QED) is 0.796. The summed E-state index contributed by atoms with van der Waals surface area (Å²) in [6.07, 6.45) is 1.51. The topological polar surface area (TPSA) is 38.8 Å². The molecule has 102 valence electrons. The van der Waals surface area contributed by atoms with Crippen LogP contribution >= 0.6 is 15.9 Å². The highest BCUT2D eigenvalue weighted by molar-refractivity contribution is 9.10. The lowest BCUT2D eigenvalue weighted by Crippen LogP contribution is -2.47. The molecule has 2 heterocycles. The number of rotatable bonds is 1. The first-order valence-electron chi connectivity index (χ1n) is 6.51. The molecule has 0 atom stereocenters. The monoisotopic (exact) mass is 325 g/mol. The van der Waals surface area contributed by atoms with Crippen LogP contribution in [-0.4, -0.2) is 42.9 Å². The van der Waals surface area contributed by atoms with E-state index in [4.69, 9.17) is 9.47 Å². The van der Waals surface area contributed by atoms with E-state index in [-0.39, 0.29) is 5.91 Å². The van der Waals surface area contributed by atoms with Gasteiger partial charge in [-0.25, -0.2) is 0 Å². The first kappa shape index (κ1) is 13.1. The summed E-state index contributed by atoms with van der Waals surface area (Å²) >= 11 is 3.39. The number of piperidine rings is 1. The fourth-order valence-corrected chi connectivity index (χ4v) is 3.04. The number of halogens is 1. The molecular formula is C14H16BrNO3. The van der Waals surface area contributed by atoms with E-state index in [1.807, 2.05) is 29.2 Å². The number of likely N-dealkylation sites (tertiary alicyclic amines) is 1. The molecule has 2 aliphatic heterocycles. The lowest BCUT2D eigenvalue weighted by Gasteiger charge is -2.37. The lowest BCUT2D eigenvalue weighted by molar-refractivity contribution is -0.181. The smallest absolute Gasteiger partial charge is 0.253 e. The van der Waals surface area contributed by atoms with Gasteiger partial charge in [-0.05, 0) is 18.2 Å². The molecule has 0 N–H and O–H groups in total. The summed E-state index contributed by atoms with van der Waals surface area (Å²) in [4.78, 5) is 14.3. The molecule has 2 aliphatic rings. The Balaban J connectivity index is 1.66. The Morgan fingerprint density at radius 3 is 2.53 bits per heavy atom. The van der Waals surface area contributed by atoms with Gasteiger partial charge in [-0.1, -0.05) is 22.0 Å². The SMILES string of the molecule is O=C(c1cccc(Br)c1)N1CCC2(CC1)OCCO2. The lowest BCUT2D eigenvalue weighted by atomic mass is 10.0. The summed E-state index contributed by atoms with van der Waals surface area (Å²) in [7, 11) is 0. The van der Waals surface area contributed by atoms with E-state index < -0.39 is 5.79 Å². The third-order valence-electron chi connectivity index (χ3n) is 3.70. The Kier molecular flexibility index (Phi) is 3.60. The number of hydrogen-bond donors (Lipinski definition) is 0. The Bertz CT molecular complexity index is 475. The maximum atomic E-state index is 12.4. The summed E-state index contributed by atoms with van der Waals surface area (Å²) in [5.41, 5.74) is 0.721. The standard InChI is InChI=1S/C14H16BrNO3/c15-12-3-1-2-11(10-12)13(17)16-6-4-14(5-7-16)18-8-9-19-14/h1-3,10H,4-9H2. The molecule has 0 bridgehead atoms. The fourth-order valence-electron chi connectivity index (χ4n) is 2.64. The van der Waals surface area contributed by atoms with E-state index in [0.29, 0.717) is 26.3 Å². The van der Waals surface area contributed by atoms with E-state index in [2.05, 4.69) is 15.9 Å². The predicted octanol–water partition coefficient (Wildman–Crippen LogP) is 2.43. The summed E-state index contributed by atoms with van der Waals surface area (Å²) in [6, 6.07) is 7.50. The van der Waals surface area contributed by atoms with Crippen LogP contribution in [0.5, 0.6) is 0 Å². The van der Waals surface area contributed by atoms with Crippen LogP contribution in [0.25, 0.3) is 0 Å². The molecule has 0 radical (unpaired) electrons. The molecule has 1 aromatic carbocycles. The third kappa shape index (κ3) is 2.68. The van der Waals surface area contributed by atoms with Crippen molar-refractivity contribution in [3.63, 3.8) is 0 Å². The predicted molar refractivity (Wildman–Crippen MR) is 73.9 cm³/mol. The van der Waals surface area contributed by atoms with Crippen LogP contribution in [0.1, 0.15) is 23.2 Å². The maximum absolute atomic E-state index is 12.4. The number of carbonyl (C=O) groups excluding carboxylic acids is 1. The number of benzene rings is 1. The number of nitrogens with zero attached hydrogens (tertiary/aromatic N) is 1. The number of hydrogen-bond acceptors (Lipinski definition) is 3. The van der Waals surface area contributed by atoms with Crippen LogP contribution in [0, 0.1) is 0 Å². The molecule has 0 aromatic heterocycles. The Morgan fingerprint density at radius 2 is 1.89 bits per heavy atom. The van der Waals surface area contributed by atoms with Gasteiger partial charge in [0, 0.05) is 36.0 Å². The van der Waals surface area contributed by atoms with Crippen LogP contribution in [0.3, 0.4) is 0 Å². The summed E-state index contributed by atoms with van der Waals surface area (Å²) < 4.78 is 12.3. The molecule has 0 unspecified atom stereocenters. The van der Waals surface area contributed by atoms with Crippen LogP contribution in [-0.2, 0) is 9.47 Å². The molecule has 5 heteroatoms. The maximum Gasteiger partial charge on any atom is 0.253 e. The summed E-state index contributed by atoms with van der Waals surface area (Å²) in [6.45, 7) is 2.70. The molecule has 2 saturated heterocycles. The number of carbonyl (C=O) groups is 1. The van der Waals surface area contributed by atoms with Gasteiger partial charge in [-0.3, -0.25) is 4.79 Å². The van der Waals surface area contributed by atoms with Crippen molar-refractivity contribution >= 4 is 21.8 Å². The van der Waals surface area contributed by atoms with Crippen LogP contribution < -0.4 is 0 Å². The molecular weight excluding hydrogens is 310 g/mol. The minimum absolute atomic E-state index is 0.0779. The van der Waals surface area contributed by atoms with Gasteiger partial charge in [0.05, 0.1) is 13.2 Å². The average Bonchev–Trinajstić information content (AvgIpc) is 2.87. The average molecular weight is 326 g/mol. The largest absolute Gasteiger partial charge is 0.347 e. The van der Waals surface area contributed by atoms with E-state index in [1.54, 1.807) is 0 Å². The highest BCUT2D eigenvalue weighted by Crippen LogP contribution is 2.31. The van der Waals surface area contributed by atoms with Gasteiger partial charge in [0.25, 0.3) is 5.91 Å². The van der Waals surface area contributed by atoms with Gasteiger partial charge >= 0.3 is 0 Å². The summed E-state index contributed by atoms with van der Waals surface area (Å²) in [5.74, 6) is -0.345. The Labute approximate surface area is 120 Å². The minimum Gasteiger partial charge on any atom is -0.347 e. The zero-order valence-electron chi connectivity index (χ0n) is 10.6. The molecule has 2 fully saturated rings. The van der Waals surface area contributed by atoms with Gasteiger partial charge in [-0.2, -0.15) is 0 Å². The zero-order chi connectivity index (χ0) is 13.3. The Morgan fingerprint density at radius 1 is 1.21 bits per heavy atom. The van der Waals surface area contributed by atoms with Crippen molar-refractivity contribution in [2.75, 3.05) is 26.3 Å². The minimum atomic E-state index is -0.423. The second-order valence-electron chi connectivity index (χ2n) is 4.91. The summed E-state index contributed by atoms with van der Waals surface area (Å²) in [5, 5.41) is 0. The molecule has 1 spiro atoms. The first-order chi connectivity index (χ1) is 9.19. The molecule has 3 rings (SSSR count). The van der Waals surface area contributed by atoms with Crippen LogP contribution in [0.4, 0.5) is 0 Å². The van der Waals surface area contributed by atoms with Crippen molar-refractivity contribution in [2.24, 2.45) is 0 Å². The van der Waals surface area contributed by atoms with Crippen molar-refractivity contribution in [2.45, 2.75) is 18.6 Å². The van der Waals surface area contributed by atoms with Gasteiger partial charge in [0.1, 0.15) is 0 Å². The van der Waals surface area contributed by atoms with Crippen LogP contribution in [0.15, 0.2) is 28.7 Å². The van der Waals surface area contributed by atoms with Gasteiger partial charge in [-0.15, -0.1) is 0 Å². The molecule has 19 heavy (non-hydrogen) atoms. The van der Waals surface area contributed by atoms with Crippen molar-refractivity contribution in [3.8, 4) is 0 Å². The van der Waals surface area contributed by atoms with Gasteiger partial charge in [0.2, 0.25) is 0 Å². The van der Waals surface area contributed by atoms with E-state index in [0.717, 1.165) is 22.9 Å². The third-order valence-corrected chi connectivity index (χ3v) is 4.19. The first-order valence-corrected chi connectivity index (χ1v) is 7.31. The van der Waals surface area contributed by atoms with Gasteiger partial charge < -0.3 is 14.4 Å². The van der Waals surface area contributed by atoms with E-state index in [9.17, 15) is 4.79 Å². The Hall–Kier alpha value is -0.910. The molecule has 1 amide bonds. The van der Waals surface area contributed by atoms with Crippen molar-refractivity contribution in [1.82, 2.24) is 4.90 Å². The molecule has 0 aliphatic carbocycles. The molecule has 4 nitrogen and oxygen atoms in total. The van der Waals surface area contributed by atoms with Crippen molar-refractivity contribution < 1.29 is 14.3 Å². The van der Waals surface area contributed by atoms with Crippen molar-refractivity contribution in [3.05, 3.63) is 34.3 Å². The normalized spacial score (nSPS) is 21.8. The molecule has 0 saturated carbocycles. The second-order valence-corrected chi connectivity index (χ2v) is 5.83. The second kappa shape index (κ2) is 5.23. The number of amides is 1.